The minimum absolute atomic E-state index is 0.0773. The molecule has 78 valence electrons. The number of nitrogens with zero attached hydrogens (tertiary/aromatic N) is 1. The number of halogens is 1. The lowest BCUT2D eigenvalue weighted by atomic mass is 10.00. The molecule has 15 heavy (non-hydrogen) atoms. The van der Waals surface area contributed by atoms with Gasteiger partial charge in [0.2, 0.25) is 0 Å². The maximum absolute atomic E-state index is 11.4. The Balaban J connectivity index is 2.60. The first-order valence-corrected chi connectivity index (χ1v) is 4.72. The van der Waals surface area contributed by atoms with Crippen LogP contribution in [-0.2, 0) is 6.42 Å². The maximum Gasteiger partial charge on any atom is 0.288 e. The number of fused-ring (bicyclic) bond motifs is 1. The fraction of sp³-hybridized carbons (Fsp3) is 0.222. The van der Waals surface area contributed by atoms with E-state index in [-0.39, 0.29) is 16.6 Å². The van der Waals surface area contributed by atoms with Crippen molar-refractivity contribution < 1.29 is 9.72 Å². The van der Waals surface area contributed by atoms with Gasteiger partial charge in [0.05, 0.1) is 4.92 Å². The Labute approximate surface area is 90.2 Å². The Hall–Kier alpha value is -1.62. The zero-order chi connectivity index (χ0) is 11.0. The molecule has 0 spiro atoms. The van der Waals surface area contributed by atoms with E-state index in [2.05, 4.69) is 5.32 Å². The standard InChI is InChI=1S/C9H7ClN2O3/c10-7-3-5-1-2-11-9(13)6(5)4-8(7)12(14)15/h3-4H,1-2H2,(H,11,13). The Morgan fingerprint density at radius 2 is 2.20 bits per heavy atom. The number of rotatable bonds is 1. The van der Waals surface area contributed by atoms with Crippen LogP contribution in [0, 0.1) is 10.1 Å². The maximum atomic E-state index is 11.4. The van der Waals surface area contributed by atoms with E-state index in [1.54, 1.807) is 0 Å². The van der Waals surface area contributed by atoms with E-state index in [4.69, 9.17) is 11.6 Å². The van der Waals surface area contributed by atoms with Crippen molar-refractivity contribution in [1.29, 1.82) is 0 Å². The molecule has 1 aliphatic rings. The van der Waals surface area contributed by atoms with Gasteiger partial charge >= 0.3 is 0 Å². The van der Waals surface area contributed by atoms with E-state index >= 15 is 0 Å². The molecule has 1 aromatic carbocycles. The SMILES string of the molecule is O=C1NCCc2cc(Cl)c([N+](=O)[O-])cc21. The molecule has 0 fully saturated rings. The van der Waals surface area contributed by atoms with Gasteiger partial charge in [-0.25, -0.2) is 0 Å². The van der Waals surface area contributed by atoms with Crippen LogP contribution in [0.3, 0.4) is 0 Å². The summed E-state index contributed by atoms with van der Waals surface area (Å²) in [5.41, 5.74) is 0.874. The van der Waals surface area contributed by atoms with Gasteiger partial charge < -0.3 is 5.32 Å². The second-order valence-electron chi connectivity index (χ2n) is 3.22. The number of carbonyl (C=O) groups is 1. The summed E-state index contributed by atoms with van der Waals surface area (Å²) in [6.07, 6.45) is 0.652. The normalized spacial score (nSPS) is 14.3. The molecule has 0 atom stereocenters. The molecular formula is C9H7ClN2O3. The molecule has 0 radical (unpaired) electrons. The molecule has 0 unspecified atom stereocenters. The molecule has 1 heterocycles. The lowest BCUT2D eigenvalue weighted by Crippen LogP contribution is -2.31. The third-order valence-corrected chi connectivity index (χ3v) is 2.60. The van der Waals surface area contributed by atoms with Crippen LogP contribution in [0.15, 0.2) is 12.1 Å². The highest BCUT2D eigenvalue weighted by atomic mass is 35.5. The summed E-state index contributed by atoms with van der Waals surface area (Å²) in [6.45, 7) is 0.542. The van der Waals surface area contributed by atoms with E-state index in [1.165, 1.54) is 12.1 Å². The number of hydrogen-bond donors (Lipinski definition) is 1. The van der Waals surface area contributed by atoms with E-state index < -0.39 is 4.92 Å². The number of benzene rings is 1. The Morgan fingerprint density at radius 3 is 2.87 bits per heavy atom. The smallest absolute Gasteiger partial charge is 0.288 e. The van der Waals surface area contributed by atoms with Crippen molar-refractivity contribution in [2.45, 2.75) is 6.42 Å². The van der Waals surface area contributed by atoms with Crippen molar-refractivity contribution in [3.8, 4) is 0 Å². The van der Waals surface area contributed by atoms with Crippen LogP contribution in [0.25, 0.3) is 0 Å². The fourth-order valence-electron chi connectivity index (χ4n) is 1.57. The lowest BCUT2D eigenvalue weighted by molar-refractivity contribution is -0.384. The number of carbonyl (C=O) groups excluding carboxylic acids is 1. The number of nitrogens with one attached hydrogen (secondary N) is 1. The van der Waals surface area contributed by atoms with Crippen LogP contribution in [-0.4, -0.2) is 17.4 Å². The zero-order valence-electron chi connectivity index (χ0n) is 7.62. The second-order valence-corrected chi connectivity index (χ2v) is 3.63. The second kappa shape index (κ2) is 3.51. The largest absolute Gasteiger partial charge is 0.352 e. The summed E-state index contributed by atoms with van der Waals surface area (Å²) in [7, 11) is 0. The van der Waals surface area contributed by atoms with Crippen molar-refractivity contribution in [3.05, 3.63) is 38.4 Å². The predicted molar refractivity (Wildman–Crippen MR) is 54.1 cm³/mol. The average molecular weight is 227 g/mol. The van der Waals surface area contributed by atoms with E-state index in [1.807, 2.05) is 0 Å². The lowest BCUT2D eigenvalue weighted by Gasteiger charge is -2.16. The molecule has 0 aromatic heterocycles. The topological polar surface area (TPSA) is 72.2 Å². The highest BCUT2D eigenvalue weighted by molar-refractivity contribution is 6.33. The summed E-state index contributed by atoms with van der Waals surface area (Å²) in [4.78, 5) is 21.4. The number of nitro groups is 1. The molecule has 1 aliphatic heterocycles. The number of hydrogen-bond acceptors (Lipinski definition) is 3. The van der Waals surface area contributed by atoms with Gasteiger partial charge in [0.25, 0.3) is 11.6 Å². The van der Waals surface area contributed by atoms with Crippen LogP contribution >= 0.6 is 11.6 Å². The third-order valence-electron chi connectivity index (χ3n) is 2.29. The van der Waals surface area contributed by atoms with Crippen molar-refractivity contribution in [2.24, 2.45) is 0 Å². The zero-order valence-corrected chi connectivity index (χ0v) is 8.37. The molecule has 0 aliphatic carbocycles. The summed E-state index contributed by atoms with van der Waals surface area (Å²) in [6, 6.07) is 2.72. The molecule has 2 rings (SSSR count). The van der Waals surface area contributed by atoms with Gasteiger partial charge in [-0.1, -0.05) is 11.6 Å². The van der Waals surface area contributed by atoms with Crippen molar-refractivity contribution >= 4 is 23.2 Å². The van der Waals surface area contributed by atoms with Crippen molar-refractivity contribution in [2.75, 3.05) is 6.54 Å². The first kappa shape index (κ1) is 9.92. The van der Waals surface area contributed by atoms with Gasteiger partial charge in [0.1, 0.15) is 5.02 Å². The third kappa shape index (κ3) is 1.66. The summed E-state index contributed by atoms with van der Waals surface area (Å²) in [5, 5.41) is 13.3. The van der Waals surface area contributed by atoms with Gasteiger partial charge in [0.15, 0.2) is 0 Å². The van der Waals surface area contributed by atoms with E-state index in [9.17, 15) is 14.9 Å². The van der Waals surface area contributed by atoms with Crippen LogP contribution in [0.4, 0.5) is 5.69 Å². The van der Waals surface area contributed by atoms with Crippen molar-refractivity contribution in [3.63, 3.8) is 0 Å². The highest BCUT2D eigenvalue weighted by Crippen LogP contribution is 2.29. The van der Waals surface area contributed by atoms with Crippen LogP contribution < -0.4 is 5.32 Å². The average Bonchev–Trinajstić information content (AvgIpc) is 2.16. The van der Waals surface area contributed by atoms with Crippen LogP contribution in [0.2, 0.25) is 5.02 Å². The van der Waals surface area contributed by atoms with E-state index in [0.717, 1.165) is 5.56 Å². The van der Waals surface area contributed by atoms with E-state index in [0.29, 0.717) is 18.5 Å². The minimum atomic E-state index is -0.593. The number of nitro benzene ring substituents is 1. The molecule has 0 saturated heterocycles. The van der Waals surface area contributed by atoms with Crippen LogP contribution in [0.5, 0.6) is 0 Å². The molecule has 1 aromatic rings. The molecular weight excluding hydrogens is 220 g/mol. The summed E-state index contributed by atoms with van der Waals surface area (Å²) < 4.78 is 0. The first-order valence-electron chi connectivity index (χ1n) is 4.34. The minimum Gasteiger partial charge on any atom is -0.352 e. The summed E-state index contributed by atoms with van der Waals surface area (Å²) >= 11 is 5.73. The number of amides is 1. The molecule has 1 amide bonds. The Morgan fingerprint density at radius 1 is 1.47 bits per heavy atom. The molecule has 1 N–H and O–H groups in total. The highest BCUT2D eigenvalue weighted by Gasteiger charge is 2.23. The van der Waals surface area contributed by atoms with Gasteiger partial charge in [-0.15, -0.1) is 0 Å². The summed E-state index contributed by atoms with van der Waals surface area (Å²) in [5.74, 6) is -0.281. The molecule has 6 heteroatoms. The van der Waals surface area contributed by atoms with Gasteiger partial charge in [-0.3, -0.25) is 14.9 Å². The van der Waals surface area contributed by atoms with Gasteiger partial charge in [-0.05, 0) is 18.1 Å². The van der Waals surface area contributed by atoms with Gasteiger partial charge in [0, 0.05) is 18.2 Å². The van der Waals surface area contributed by atoms with Crippen LogP contribution in [0.1, 0.15) is 15.9 Å². The molecule has 0 saturated carbocycles. The van der Waals surface area contributed by atoms with Gasteiger partial charge in [-0.2, -0.15) is 0 Å². The first-order chi connectivity index (χ1) is 7.09. The Bertz CT molecular complexity index is 459. The molecule has 0 bridgehead atoms. The quantitative estimate of drug-likeness (QED) is 0.583. The molecule has 5 nitrogen and oxygen atoms in total. The Kier molecular flexibility index (Phi) is 2.32. The monoisotopic (exact) mass is 226 g/mol. The predicted octanol–water partition coefficient (Wildman–Crippen LogP) is 1.53. The van der Waals surface area contributed by atoms with Crippen molar-refractivity contribution in [1.82, 2.24) is 5.32 Å². The fourth-order valence-corrected chi connectivity index (χ4v) is 1.82.